The van der Waals surface area contributed by atoms with Crippen LogP contribution in [0.25, 0.3) is 0 Å². The Bertz CT molecular complexity index is 484. The lowest BCUT2D eigenvalue weighted by molar-refractivity contribution is -0.119. The summed E-state index contributed by atoms with van der Waals surface area (Å²) in [7, 11) is -2.06. The number of hydrogen-bond donors (Lipinski definition) is 1. The lowest BCUT2D eigenvalue weighted by Crippen LogP contribution is -2.39. The van der Waals surface area contributed by atoms with Gasteiger partial charge in [-0.05, 0) is 19.1 Å². The summed E-state index contributed by atoms with van der Waals surface area (Å²) in [6, 6.07) is 7.70. The molecule has 1 N–H and O–H groups in total. The number of carbonyl (C=O) groups is 1. The summed E-state index contributed by atoms with van der Waals surface area (Å²) in [5.74, 6) is -1.08. The van der Waals surface area contributed by atoms with Gasteiger partial charge in [0, 0.05) is 13.2 Å². The number of methoxy groups -OCH3 is 1. The maximum absolute atomic E-state index is 11.9. The SMILES string of the molecule is COCC(C)NC(=O)CS(=O)(=O)c1ccccc1. The van der Waals surface area contributed by atoms with Crippen LogP contribution >= 0.6 is 0 Å². The van der Waals surface area contributed by atoms with E-state index in [4.69, 9.17) is 4.74 Å². The number of ether oxygens (including phenoxy) is 1. The molecule has 0 radical (unpaired) electrons. The van der Waals surface area contributed by atoms with Gasteiger partial charge in [-0.1, -0.05) is 18.2 Å². The average molecular weight is 271 g/mol. The number of rotatable bonds is 6. The molecule has 1 unspecified atom stereocenters. The second-order valence-corrected chi connectivity index (χ2v) is 5.99. The van der Waals surface area contributed by atoms with Crippen molar-refractivity contribution in [1.82, 2.24) is 5.32 Å². The van der Waals surface area contributed by atoms with Crippen LogP contribution in [0.1, 0.15) is 6.92 Å². The number of sulfone groups is 1. The maximum Gasteiger partial charge on any atom is 0.235 e. The minimum Gasteiger partial charge on any atom is -0.383 e. The van der Waals surface area contributed by atoms with Crippen molar-refractivity contribution in [2.45, 2.75) is 17.9 Å². The molecule has 1 atom stereocenters. The van der Waals surface area contributed by atoms with Crippen LogP contribution < -0.4 is 5.32 Å². The number of nitrogens with one attached hydrogen (secondary N) is 1. The molecule has 6 heteroatoms. The largest absolute Gasteiger partial charge is 0.383 e. The molecule has 0 bridgehead atoms. The molecule has 1 aromatic carbocycles. The van der Waals surface area contributed by atoms with Gasteiger partial charge >= 0.3 is 0 Å². The molecule has 0 aromatic heterocycles. The Kier molecular flexibility index (Phi) is 5.30. The van der Waals surface area contributed by atoms with Gasteiger partial charge in [-0.2, -0.15) is 0 Å². The normalized spacial score (nSPS) is 13.0. The molecule has 1 aromatic rings. The Hall–Kier alpha value is -1.40. The molecule has 0 saturated carbocycles. The minimum absolute atomic E-state index is 0.152. The highest BCUT2D eigenvalue weighted by Crippen LogP contribution is 2.09. The zero-order chi connectivity index (χ0) is 13.6. The Balaban J connectivity index is 2.64. The monoisotopic (exact) mass is 271 g/mol. The zero-order valence-corrected chi connectivity index (χ0v) is 11.2. The number of benzene rings is 1. The molecule has 18 heavy (non-hydrogen) atoms. The van der Waals surface area contributed by atoms with Crippen LogP contribution in [0.3, 0.4) is 0 Å². The van der Waals surface area contributed by atoms with Gasteiger partial charge in [0.25, 0.3) is 0 Å². The highest BCUT2D eigenvalue weighted by molar-refractivity contribution is 7.92. The van der Waals surface area contributed by atoms with Gasteiger partial charge in [-0.25, -0.2) is 8.42 Å². The van der Waals surface area contributed by atoms with Crippen molar-refractivity contribution in [2.75, 3.05) is 19.5 Å². The second kappa shape index (κ2) is 6.51. The van der Waals surface area contributed by atoms with Crippen molar-refractivity contribution in [2.24, 2.45) is 0 Å². The van der Waals surface area contributed by atoms with E-state index in [1.807, 2.05) is 0 Å². The van der Waals surface area contributed by atoms with E-state index in [0.717, 1.165) is 0 Å². The lowest BCUT2D eigenvalue weighted by atomic mass is 10.3. The number of carbonyl (C=O) groups excluding carboxylic acids is 1. The third-order valence-electron chi connectivity index (χ3n) is 2.25. The van der Waals surface area contributed by atoms with E-state index < -0.39 is 21.5 Å². The standard InChI is InChI=1S/C12H17NO4S/c1-10(8-17-2)13-12(14)9-18(15,16)11-6-4-3-5-7-11/h3-7,10H,8-9H2,1-2H3,(H,13,14). The third kappa shape index (κ3) is 4.46. The van der Waals surface area contributed by atoms with Crippen LogP contribution in [-0.2, 0) is 19.4 Å². The Labute approximate surface area is 107 Å². The van der Waals surface area contributed by atoms with E-state index >= 15 is 0 Å². The molecule has 0 heterocycles. The van der Waals surface area contributed by atoms with Crippen molar-refractivity contribution >= 4 is 15.7 Å². The van der Waals surface area contributed by atoms with Gasteiger partial charge in [0.05, 0.1) is 11.5 Å². The maximum atomic E-state index is 11.9. The molecule has 0 aliphatic heterocycles. The molecule has 1 rings (SSSR count). The van der Waals surface area contributed by atoms with E-state index in [1.54, 1.807) is 25.1 Å². The smallest absolute Gasteiger partial charge is 0.235 e. The van der Waals surface area contributed by atoms with Crippen LogP contribution in [0.4, 0.5) is 0 Å². The van der Waals surface area contributed by atoms with Crippen molar-refractivity contribution in [3.8, 4) is 0 Å². The summed E-state index contributed by atoms with van der Waals surface area (Å²) in [4.78, 5) is 11.7. The molecule has 1 amide bonds. The first kappa shape index (κ1) is 14.7. The van der Waals surface area contributed by atoms with Gasteiger partial charge in [0.1, 0.15) is 5.75 Å². The summed E-state index contributed by atoms with van der Waals surface area (Å²) in [5, 5.41) is 2.56. The molecule has 5 nitrogen and oxygen atoms in total. The van der Waals surface area contributed by atoms with E-state index in [1.165, 1.54) is 19.2 Å². The summed E-state index contributed by atoms with van der Waals surface area (Å²) >= 11 is 0. The Morgan fingerprint density at radius 1 is 1.33 bits per heavy atom. The summed E-state index contributed by atoms with van der Waals surface area (Å²) in [6.07, 6.45) is 0. The molecule has 0 saturated heterocycles. The molecule has 0 aliphatic rings. The second-order valence-electron chi connectivity index (χ2n) is 4.00. The Morgan fingerprint density at radius 3 is 2.50 bits per heavy atom. The molecule has 0 aliphatic carbocycles. The van der Waals surface area contributed by atoms with E-state index in [-0.39, 0.29) is 10.9 Å². The summed E-state index contributed by atoms with van der Waals surface area (Å²) < 4.78 is 28.6. The Morgan fingerprint density at radius 2 is 1.94 bits per heavy atom. The van der Waals surface area contributed by atoms with Gasteiger partial charge in [0.2, 0.25) is 5.91 Å². The van der Waals surface area contributed by atoms with Crippen LogP contribution in [-0.4, -0.2) is 39.8 Å². The van der Waals surface area contributed by atoms with Crippen molar-refractivity contribution < 1.29 is 17.9 Å². The first-order valence-corrected chi connectivity index (χ1v) is 7.17. The van der Waals surface area contributed by atoms with Crippen LogP contribution in [0, 0.1) is 0 Å². The highest BCUT2D eigenvalue weighted by Gasteiger charge is 2.19. The van der Waals surface area contributed by atoms with Gasteiger partial charge in [0.15, 0.2) is 9.84 Å². The van der Waals surface area contributed by atoms with Crippen LogP contribution in [0.2, 0.25) is 0 Å². The quantitative estimate of drug-likeness (QED) is 0.823. The number of amides is 1. The topological polar surface area (TPSA) is 72.5 Å². The van der Waals surface area contributed by atoms with E-state index in [0.29, 0.717) is 6.61 Å². The first-order valence-electron chi connectivity index (χ1n) is 5.52. The van der Waals surface area contributed by atoms with Crippen molar-refractivity contribution in [3.05, 3.63) is 30.3 Å². The van der Waals surface area contributed by atoms with Crippen molar-refractivity contribution in [1.29, 1.82) is 0 Å². The zero-order valence-electron chi connectivity index (χ0n) is 10.4. The van der Waals surface area contributed by atoms with Crippen LogP contribution in [0.5, 0.6) is 0 Å². The van der Waals surface area contributed by atoms with E-state index in [9.17, 15) is 13.2 Å². The molecule has 0 spiro atoms. The van der Waals surface area contributed by atoms with E-state index in [2.05, 4.69) is 5.32 Å². The van der Waals surface area contributed by atoms with Crippen molar-refractivity contribution in [3.63, 3.8) is 0 Å². The lowest BCUT2D eigenvalue weighted by Gasteiger charge is -2.12. The average Bonchev–Trinajstić information content (AvgIpc) is 2.29. The third-order valence-corrected chi connectivity index (χ3v) is 3.88. The minimum atomic E-state index is -3.57. The van der Waals surface area contributed by atoms with Crippen LogP contribution in [0.15, 0.2) is 35.2 Å². The van der Waals surface area contributed by atoms with Gasteiger partial charge < -0.3 is 10.1 Å². The number of hydrogen-bond acceptors (Lipinski definition) is 4. The molecule has 100 valence electrons. The fourth-order valence-electron chi connectivity index (χ4n) is 1.49. The predicted molar refractivity (Wildman–Crippen MR) is 68.0 cm³/mol. The summed E-state index contributed by atoms with van der Waals surface area (Å²) in [5.41, 5.74) is 0. The van der Waals surface area contributed by atoms with Gasteiger partial charge in [-0.3, -0.25) is 4.79 Å². The first-order chi connectivity index (χ1) is 8.45. The predicted octanol–water partition coefficient (Wildman–Crippen LogP) is 0.611. The molecular weight excluding hydrogens is 254 g/mol. The fraction of sp³-hybridized carbons (Fsp3) is 0.417. The summed E-state index contributed by atoms with van der Waals surface area (Å²) in [6.45, 7) is 2.09. The molecule has 0 fully saturated rings. The molecular formula is C12H17NO4S. The highest BCUT2D eigenvalue weighted by atomic mass is 32.2. The van der Waals surface area contributed by atoms with Gasteiger partial charge in [-0.15, -0.1) is 0 Å². The fourth-order valence-corrected chi connectivity index (χ4v) is 2.66.